The summed E-state index contributed by atoms with van der Waals surface area (Å²) < 4.78 is 10.5. The van der Waals surface area contributed by atoms with Crippen LogP contribution in [0, 0.1) is 13.8 Å². The molecule has 2 rings (SSSR count). The van der Waals surface area contributed by atoms with Gasteiger partial charge in [0.25, 0.3) is 0 Å². The Hall–Kier alpha value is -1.88. The quantitative estimate of drug-likeness (QED) is 0.847. The number of esters is 1. The lowest BCUT2D eigenvalue weighted by atomic mass is 9.97. The van der Waals surface area contributed by atoms with E-state index >= 15 is 0 Å². The van der Waals surface area contributed by atoms with Crippen LogP contribution in [-0.4, -0.2) is 31.2 Å². The van der Waals surface area contributed by atoms with Crippen molar-refractivity contribution in [1.82, 2.24) is 5.32 Å². The second kappa shape index (κ2) is 7.40. The van der Waals surface area contributed by atoms with Gasteiger partial charge in [0.1, 0.15) is 6.10 Å². The lowest BCUT2D eigenvalue weighted by Gasteiger charge is -2.22. The fourth-order valence-corrected chi connectivity index (χ4v) is 2.60. The highest BCUT2D eigenvalue weighted by Gasteiger charge is 2.30. The third kappa shape index (κ3) is 3.65. The Morgan fingerprint density at radius 1 is 1.41 bits per heavy atom. The molecule has 0 saturated carbocycles. The number of amides is 1. The number of carbonyl (C=O) groups is 2. The number of carbonyl (C=O) groups excluding carboxylic acids is 2. The molecule has 2 atom stereocenters. The second-order valence-corrected chi connectivity index (χ2v) is 5.48. The summed E-state index contributed by atoms with van der Waals surface area (Å²) in [6.07, 6.45) is 1.09. The van der Waals surface area contributed by atoms with Gasteiger partial charge in [-0.25, -0.2) is 4.79 Å². The van der Waals surface area contributed by atoms with Crippen molar-refractivity contribution in [3.05, 3.63) is 34.9 Å². The second-order valence-electron chi connectivity index (χ2n) is 5.48. The van der Waals surface area contributed by atoms with E-state index in [1.54, 1.807) is 6.92 Å². The third-order valence-corrected chi connectivity index (χ3v) is 3.99. The van der Waals surface area contributed by atoms with Crippen LogP contribution < -0.4 is 5.32 Å². The lowest BCUT2D eigenvalue weighted by molar-refractivity contribution is -0.148. The lowest BCUT2D eigenvalue weighted by Crippen LogP contribution is -2.41. The number of rotatable bonds is 5. The highest BCUT2D eigenvalue weighted by molar-refractivity contribution is 5.88. The predicted octanol–water partition coefficient (Wildman–Crippen LogP) is 2.20. The number of aryl methyl sites for hydroxylation is 1. The number of hydrogen-bond donors (Lipinski definition) is 1. The van der Waals surface area contributed by atoms with Crippen LogP contribution >= 0.6 is 0 Å². The maximum atomic E-state index is 12.3. The van der Waals surface area contributed by atoms with Crippen molar-refractivity contribution in [2.24, 2.45) is 0 Å². The van der Waals surface area contributed by atoms with Crippen LogP contribution in [0.2, 0.25) is 0 Å². The van der Waals surface area contributed by atoms with Gasteiger partial charge in [-0.2, -0.15) is 0 Å². The van der Waals surface area contributed by atoms with Gasteiger partial charge in [0.2, 0.25) is 5.91 Å². The maximum Gasteiger partial charge on any atom is 0.333 e. The molecule has 1 heterocycles. The topological polar surface area (TPSA) is 64.6 Å². The van der Waals surface area contributed by atoms with Crippen molar-refractivity contribution in [3.63, 3.8) is 0 Å². The molecule has 1 aliphatic rings. The molecule has 1 aromatic carbocycles. The van der Waals surface area contributed by atoms with Gasteiger partial charge in [0, 0.05) is 6.61 Å². The molecule has 0 radical (unpaired) electrons. The molecular formula is C17H23NO4. The van der Waals surface area contributed by atoms with E-state index < -0.39 is 18.1 Å². The molecule has 1 N–H and O–H groups in total. The molecular weight excluding hydrogens is 282 g/mol. The van der Waals surface area contributed by atoms with Gasteiger partial charge in [-0.1, -0.05) is 18.2 Å². The minimum Gasteiger partial charge on any atom is -0.464 e. The molecule has 5 nitrogen and oxygen atoms in total. The molecule has 1 amide bonds. The minimum absolute atomic E-state index is 0.253. The van der Waals surface area contributed by atoms with E-state index in [0.717, 1.165) is 23.1 Å². The largest absolute Gasteiger partial charge is 0.464 e. The van der Waals surface area contributed by atoms with E-state index in [4.69, 9.17) is 9.47 Å². The maximum absolute atomic E-state index is 12.3. The summed E-state index contributed by atoms with van der Waals surface area (Å²) in [5.74, 6) is -0.695. The number of hydrogen-bond acceptors (Lipinski definition) is 4. The third-order valence-electron chi connectivity index (χ3n) is 3.99. The average molecular weight is 305 g/mol. The van der Waals surface area contributed by atoms with Crippen LogP contribution in [0.5, 0.6) is 0 Å². The van der Waals surface area contributed by atoms with Crippen LogP contribution in [-0.2, 0) is 19.1 Å². The van der Waals surface area contributed by atoms with Crippen molar-refractivity contribution < 1.29 is 19.1 Å². The Bertz CT molecular complexity index is 550. The molecule has 1 aliphatic heterocycles. The van der Waals surface area contributed by atoms with E-state index in [9.17, 15) is 9.59 Å². The zero-order chi connectivity index (χ0) is 16.1. The van der Waals surface area contributed by atoms with E-state index in [1.165, 1.54) is 0 Å². The van der Waals surface area contributed by atoms with Crippen LogP contribution in [0.25, 0.3) is 0 Å². The minimum atomic E-state index is -0.795. The van der Waals surface area contributed by atoms with E-state index in [2.05, 4.69) is 5.32 Å². The Morgan fingerprint density at radius 2 is 2.18 bits per heavy atom. The summed E-state index contributed by atoms with van der Waals surface area (Å²) in [6.45, 7) is 6.53. The van der Waals surface area contributed by atoms with Crippen LogP contribution in [0.3, 0.4) is 0 Å². The molecule has 1 saturated heterocycles. The van der Waals surface area contributed by atoms with Crippen LogP contribution in [0.15, 0.2) is 18.2 Å². The van der Waals surface area contributed by atoms with Crippen molar-refractivity contribution in [2.75, 3.05) is 13.2 Å². The first kappa shape index (κ1) is 16.5. The molecule has 1 aromatic rings. The fourth-order valence-electron chi connectivity index (χ4n) is 2.60. The highest BCUT2D eigenvalue weighted by atomic mass is 16.5. The summed E-state index contributed by atoms with van der Waals surface area (Å²) in [4.78, 5) is 24.6. The standard InChI is InChI=1S/C17H23NO4/c1-4-21-17(20)15(13-8-5-7-11(2)12(13)3)18-16(19)14-9-6-10-22-14/h5,7-8,14-15H,4,6,9-10H2,1-3H3,(H,18,19). The predicted molar refractivity (Wildman–Crippen MR) is 82.4 cm³/mol. The van der Waals surface area contributed by atoms with Crippen molar-refractivity contribution in [2.45, 2.75) is 45.8 Å². The first-order valence-electron chi connectivity index (χ1n) is 7.69. The Labute approximate surface area is 131 Å². The molecule has 0 bridgehead atoms. The summed E-state index contributed by atoms with van der Waals surface area (Å²) in [7, 11) is 0. The van der Waals surface area contributed by atoms with Gasteiger partial charge >= 0.3 is 5.97 Å². The van der Waals surface area contributed by atoms with E-state index in [1.807, 2.05) is 32.0 Å². The van der Waals surface area contributed by atoms with Crippen molar-refractivity contribution >= 4 is 11.9 Å². The molecule has 5 heteroatoms. The summed E-state index contributed by atoms with van der Waals surface area (Å²) in [5, 5.41) is 2.79. The van der Waals surface area contributed by atoms with Crippen molar-refractivity contribution in [3.8, 4) is 0 Å². The SMILES string of the molecule is CCOC(=O)C(NC(=O)C1CCCO1)c1cccc(C)c1C. The summed E-state index contributed by atoms with van der Waals surface area (Å²) in [6, 6.07) is 4.90. The number of nitrogens with one attached hydrogen (secondary N) is 1. The number of benzene rings is 1. The molecule has 2 unspecified atom stereocenters. The van der Waals surface area contributed by atoms with Gasteiger partial charge in [-0.15, -0.1) is 0 Å². The molecule has 0 aliphatic carbocycles. The molecule has 120 valence electrons. The van der Waals surface area contributed by atoms with Crippen LogP contribution in [0.1, 0.15) is 42.5 Å². The smallest absolute Gasteiger partial charge is 0.333 e. The van der Waals surface area contributed by atoms with Gasteiger partial charge in [0.15, 0.2) is 6.04 Å². The van der Waals surface area contributed by atoms with Crippen molar-refractivity contribution in [1.29, 1.82) is 0 Å². The molecule has 22 heavy (non-hydrogen) atoms. The van der Waals surface area contributed by atoms with Gasteiger partial charge in [-0.3, -0.25) is 4.79 Å². The first-order chi connectivity index (χ1) is 10.5. The normalized spacial score (nSPS) is 18.8. The van der Waals surface area contributed by atoms with E-state index in [0.29, 0.717) is 13.0 Å². The van der Waals surface area contributed by atoms with Gasteiger partial charge in [-0.05, 0) is 50.3 Å². The summed E-state index contributed by atoms with van der Waals surface area (Å²) >= 11 is 0. The Kier molecular flexibility index (Phi) is 5.55. The monoisotopic (exact) mass is 305 g/mol. The number of ether oxygens (including phenoxy) is 2. The Morgan fingerprint density at radius 3 is 2.82 bits per heavy atom. The first-order valence-corrected chi connectivity index (χ1v) is 7.69. The molecule has 0 aromatic heterocycles. The van der Waals surface area contributed by atoms with Crippen LogP contribution in [0.4, 0.5) is 0 Å². The Balaban J connectivity index is 2.24. The molecule has 0 spiro atoms. The van der Waals surface area contributed by atoms with E-state index in [-0.39, 0.29) is 12.5 Å². The van der Waals surface area contributed by atoms with Gasteiger partial charge in [0.05, 0.1) is 6.61 Å². The highest BCUT2D eigenvalue weighted by Crippen LogP contribution is 2.23. The summed E-state index contributed by atoms with van der Waals surface area (Å²) in [5.41, 5.74) is 2.82. The molecule has 1 fully saturated rings. The zero-order valence-electron chi connectivity index (χ0n) is 13.3. The fraction of sp³-hybridized carbons (Fsp3) is 0.529. The zero-order valence-corrected chi connectivity index (χ0v) is 13.3. The average Bonchev–Trinajstić information content (AvgIpc) is 3.02. The van der Waals surface area contributed by atoms with Gasteiger partial charge < -0.3 is 14.8 Å².